The number of halogens is 3. The fourth-order valence-corrected chi connectivity index (χ4v) is 1.98. The van der Waals surface area contributed by atoms with Gasteiger partial charge in [0.15, 0.2) is 6.61 Å². The molecule has 0 spiro atoms. The Labute approximate surface area is 108 Å². The lowest BCUT2D eigenvalue weighted by Gasteiger charge is -2.33. The maximum Gasteiger partial charge on any atom is 0.422 e. The van der Waals surface area contributed by atoms with Crippen molar-refractivity contribution in [1.82, 2.24) is 4.98 Å². The van der Waals surface area contributed by atoms with Crippen molar-refractivity contribution in [2.75, 3.05) is 19.8 Å². The Morgan fingerprint density at radius 2 is 2.05 bits per heavy atom. The van der Waals surface area contributed by atoms with Crippen molar-refractivity contribution in [3.63, 3.8) is 0 Å². The zero-order valence-electron chi connectivity index (χ0n) is 10.2. The molecular formula is C12H15F3N2O2. The highest BCUT2D eigenvalue weighted by atomic mass is 19.4. The minimum atomic E-state index is -4.38. The standard InChI is InChI=1S/C12H15F3N2O2/c13-12(14,15)8-19-10-7-9(1-4-17-10)11(16)2-5-18-6-3-11/h1,4,7H,2-3,5-6,8,16H2. The first-order valence-electron chi connectivity index (χ1n) is 5.92. The van der Waals surface area contributed by atoms with Crippen molar-refractivity contribution in [3.05, 3.63) is 23.9 Å². The third kappa shape index (κ3) is 3.81. The van der Waals surface area contributed by atoms with E-state index in [1.54, 1.807) is 6.07 Å². The fourth-order valence-electron chi connectivity index (χ4n) is 1.98. The number of ether oxygens (including phenoxy) is 2. The molecule has 0 aromatic carbocycles. The number of aromatic nitrogens is 1. The largest absolute Gasteiger partial charge is 0.468 e. The molecule has 2 N–H and O–H groups in total. The lowest BCUT2D eigenvalue weighted by molar-refractivity contribution is -0.154. The lowest BCUT2D eigenvalue weighted by atomic mass is 9.84. The third-order valence-corrected chi connectivity index (χ3v) is 3.08. The Morgan fingerprint density at radius 1 is 1.37 bits per heavy atom. The van der Waals surface area contributed by atoms with Crippen molar-refractivity contribution >= 4 is 0 Å². The van der Waals surface area contributed by atoms with Crippen LogP contribution in [0.25, 0.3) is 0 Å². The Balaban J connectivity index is 2.10. The molecule has 1 aliphatic heterocycles. The van der Waals surface area contributed by atoms with E-state index in [4.69, 9.17) is 10.5 Å². The molecule has 7 heteroatoms. The minimum absolute atomic E-state index is 0.0638. The van der Waals surface area contributed by atoms with Crippen LogP contribution >= 0.6 is 0 Å². The van der Waals surface area contributed by atoms with E-state index in [1.165, 1.54) is 12.3 Å². The van der Waals surface area contributed by atoms with E-state index >= 15 is 0 Å². The molecule has 19 heavy (non-hydrogen) atoms. The molecule has 4 nitrogen and oxygen atoms in total. The first-order valence-corrected chi connectivity index (χ1v) is 5.92. The second-order valence-corrected chi connectivity index (χ2v) is 4.56. The molecule has 1 saturated heterocycles. The van der Waals surface area contributed by atoms with Crippen LogP contribution < -0.4 is 10.5 Å². The monoisotopic (exact) mass is 276 g/mol. The topological polar surface area (TPSA) is 57.4 Å². The molecule has 1 aromatic heterocycles. The number of alkyl halides is 3. The second-order valence-electron chi connectivity index (χ2n) is 4.56. The highest BCUT2D eigenvalue weighted by Crippen LogP contribution is 2.30. The molecule has 1 aromatic rings. The van der Waals surface area contributed by atoms with Crippen LogP contribution in [0.4, 0.5) is 13.2 Å². The summed E-state index contributed by atoms with van der Waals surface area (Å²) in [5.41, 5.74) is 6.38. The molecule has 1 fully saturated rings. The van der Waals surface area contributed by atoms with Crippen molar-refractivity contribution < 1.29 is 22.6 Å². The number of hydrogen-bond acceptors (Lipinski definition) is 4. The zero-order chi connectivity index (χ0) is 13.9. The quantitative estimate of drug-likeness (QED) is 0.917. The molecule has 0 unspecified atom stereocenters. The van der Waals surface area contributed by atoms with Gasteiger partial charge >= 0.3 is 6.18 Å². The molecule has 0 radical (unpaired) electrons. The molecular weight excluding hydrogens is 261 g/mol. The van der Waals surface area contributed by atoms with Gasteiger partial charge < -0.3 is 15.2 Å². The number of pyridine rings is 1. The van der Waals surface area contributed by atoms with E-state index in [9.17, 15) is 13.2 Å². The van der Waals surface area contributed by atoms with Crippen LogP contribution in [0.5, 0.6) is 5.88 Å². The van der Waals surface area contributed by atoms with E-state index < -0.39 is 18.3 Å². The normalized spacial score (nSPS) is 19.2. The summed E-state index contributed by atoms with van der Waals surface area (Å²) in [7, 11) is 0. The molecule has 0 atom stereocenters. The molecule has 2 heterocycles. The van der Waals surface area contributed by atoms with Gasteiger partial charge in [-0.1, -0.05) is 0 Å². The van der Waals surface area contributed by atoms with Gasteiger partial charge in [0.2, 0.25) is 5.88 Å². The smallest absolute Gasteiger partial charge is 0.422 e. The molecule has 0 amide bonds. The van der Waals surface area contributed by atoms with Crippen LogP contribution in [-0.2, 0) is 10.3 Å². The first kappa shape index (κ1) is 14.1. The van der Waals surface area contributed by atoms with E-state index in [0.29, 0.717) is 26.1 Å². The summed E-state index contributed by atoms with van der Waals surface area (Å²) >= 11 is 0. The SMILES string of the molecule is NC1(c2ccnc(OCC(F)(F)F)c2)CCOCC1. The molecule has 1 aliphatic rings. The van der Waals surface area contributed by atoms with Crippen molar-refractivity contribution in [3.8, 4) is 5.88 Å². The van der Waals surface area contributed by atoms with E-state index in [1.807, 2.05) is 0 Å². The molecule has 106 valence electrons. The summed E-state index contributed by atoms with van der Waals surface area (Å²) in [6.07, 6.45) is -1.73. The van der Waals surface area contributed by atoms with Gasteiger partial charge in [-0.15, -0.1) is 0 Å². The Kier molecular flexibility index (Phi) is 3.96. The van der Waals surface area contributed by atoms with Crippen LogP contribution in [0.3, 0.4) is 0 Å². The Morgan fingerprint density at radius 3 is 2.68 bits per heavy atom. The molecule has 2 rings (SSSR count). The maximum absolute atomic E-state index is 12.1. The van der Waals surface area contributed by atoms with Crippen LogP contribution in [0.2, 0.25) is 0 Å². The Bertz CT molecular complexity index is 431. The van der Waals surface area contributed by atoms with Gasteiger partial charge in [-0.05, 0) is 24.5 Å². The van der Waals surface area contributed by atoms with Crippen LogP contribution in [0.15, 0.2) is 18.3 Å². The van der Waals surface area contributed by atoms with Gasteiger partial charge in [0, 0.05) is 31.0 Å². The molecule has 0 aliphatic carbocycles. The molecule has 0 saturated carbocycles. The zero-order valence-corrected chi connectivity index (χ0v) is 10.2. The third-order valence-electron chi connectivity index (χ3n) is 3.08. The van der Waals surface area contributed by atoms with Gasteiger partial charge in [-0.3, -0.25) is 0 Å². The second kappa shape index (κ2) is 5.34. The predicted molar refractivity (Wildman–Crippen MR) is 61.7 cm³/mol. The van der Waals surface area contributed by atoms with Gasteiger partial charge in [-0.25, -0.2) is 4.98 Å². The summed E-state index contributed by atoms with van der Waals surface area (Å²) in [6, 6.07) is 3.17. The van der Waals surface area contributed by atoms with Crippen molar-refractivity contribution in [2.24, 2.45) is 5.73 Å². The highest BCUT2D eigenvalue weighted by Gasteiger charge is 2.31. The first-order chi connectivity index (χ1) is 8.89. The minimum Gasteiger partial charge on any atom is -0.468 e. The lowest BCUT2D eigenvalue weighted by Crippen LogP contribution is -2.42. The van der Waals surface area contributed by atoms with Gasteiger partial charge in [0.1, 0.15) is 0 Å². The highest BCUT2D eigenvalue weighted by molar-refractivity contribution is 5.28. The van der Waals surface area contributed by atoms with Crippen LogP contribution in [0, 0.1) is 0 Å². The predicted octanol–water partition coefficient (Wildman–Crippen LogP) is 1.99. The maximum atomic E-state index is 12.1. The summed E-state index contributed by atoms with van der Waals surface area (Å²) in [6.45, 7) is -0.279. The average molecular weight is 276 g/mol. The van der Waals surface area contributed by atoms with E-state index in [-0.39, 0.29) is 5.88 Å². The summed E-state index contributed by atoms with van der Waals surface area (Å²) in [5.74, 6) is -0.0638. The summed E-state index contributed by atoms with van der Waals surface area (Å²) in [4.78, 5) is 3.76. The number of hydrogen-bond donors (Lipinski definition) is 1. The number of nitrogens with zero attached hydrogens (tertiary/aromatic N) is 1. The van der Waals surface area contributed by atoms with Crippen molar-refractivity contribution in [1.29, 1.82) is 0 Å². The summed E-state index contributed by atoms with van der Waals surface area (Å²) < 4.78 is 46.1. The average Bonchev–Trinajstić information content (AvgIpc) is 2.37. The van der Waals surface area contributed by atoms with E-state index in [2.05, 4.69) is 9.72 Å². The Hall–Kier alpha value is -1.34. The molecule has 0 bridgehead atoms. The van der Waals surface area contributed by atoms with Crippen LogP contribution in [-0.4, -0.2) is 31.0 Å². The van der Waals surface area contributed by atoms with E-state index in [0.717, 1.165) is 5.56 Å². The van der Waals surface area contributed by atoms with Crippen molar-refractivity contribution in [2.45, 2.75) is 24.6 Å². The fraction of sp³-hybridized carbons (Fsp3) is 0.583. The number of rotatable bonds is 3. The summed E-state index contributed by atoms with van der Waals surface area (Å²) in [5, 5.41) is 0. The van der Waals surface area contributed by atoms with Gasteiger partial charge in [-0.2, -0.15) is 13.2 Å². The number of nitrogens with two attached hydrogens (primary N) is 1. The van der Waals surface area contributed by atoms with Gasteiger partial charge in [0.05, 0.1) is 0 Å². The van der Waals surface area contributed by atoms with Crippen LogP contribution in [0.1, 0.15) is 18.4 Å². The van der Waals surface area contributed by atoms with Gasteiger partial charge in [0.25, 0.3) is 0 Å².